The molecule has 0 aliphatic carbocycles. The maximum atomic E-state index is 17.0. The molecule has 2 aromatic heterocycles. The van der Waals surface area contributed by atoms with Gasteiger partial charge in [-0.3, -0.25) is 9.59 Å². The lowest BCUT2D eigenvalue weighted by Crippen LogP contribution is -2.51. The summed E-state index contributed by atoms with van der Waals surface area (Å²) in [6.45, 7) is 9.64. The fourth-order valence-electron chi connectivity index (χ4n) is 12.6. The first-order chi connectivity index (χ1) is 37.8. The third-order valence-electron chi connectivity index (χ3n) is 16.9. The zero-order chi connectivity index (χ0) is 56.0. The van der Waals surface area contributed by atoms with Crippen LogP contribution in [0.3, 0.4) is 0 Å². The number of nitrogens with zero attached hydrogens (tertiary/aromatic N) is 6. The first-order valence-corrected chi connectivity index (χ1v) is 30.8. The molecular weight excluding hydrogens is 1030 g/mol. The number of benzene rings is 4. The van der Waals surface area contributed by atoms with Crippen molar-refractivity contribution in [3.8, 4) is 0 Å². The Labute approximate surface area is 463 Å². The molecule has 0 spiro atoms. The van der Waals surface area contributed by atoms with E-state index in [1.165, 1.54) is 36.8 Å². The molecule has 4 N–H and O–H groups in total. The van der Waals surface area contributed by atoms with E-state index in [1.54, 1.807) is 9.80 Å². The first kappa shape index (κ1) is 55.4. The van der Waals surface area contributed by atoms with Crippen LogP contribution < -0.4 is 20.4 Å². The number of anilines is 2. The van der Waals surface area contributed by atoms with Crippen molar-refractivity contribution in [2.75, 3.05) is 69.0 Å². The van der Waals surface area contributed by atoms with Gasteiger partial charge in [-0.25, -0.2) is 38.4 Å². The molecule has 4 amide bonds. The van der Waals surface area contributed by atoms with E-state index in [-0.39, 0.29) is 53.5 Å². The number of imidazole rings is 2. The average molecular weight is 1100 g/mol. The minimum atomic E-state index is -0.848. The Morgan fingerprint density at radius 3 is 1.46 bits per heavy atom. The molecule has 16 nitrogen and oxygen atoms in total. The summed E-state index contributed by atoms with van der Waals surface area (Å²) in [5.41, 5.74) is 6.54. The number of amides is 4. The number of halogens is 2. The van der Waals surface area contributed by atoms with Crippen molar-refractivity contribution in [1.82, 2.24) is 40.4 Å². The number of piperidine rings is 1. The highest BCUT2D eigenvalue weighted by molar-refractivity contribution is 8.32. The van der Waals surface area contributed by atoms with Crippen LogP contribution in [0, 0.1) is 23.5 Å². The van der Waals surface area contributed by atoms with Gasteiger partial charge in [0.05, 0.1) is 60.5 Å². The molecular formula is C60H76F2N10O6S. The molecule has 4 saturated heterocycles. The summed E-state index contributed by atoms with van der Waals surface area (Å²) in [5, 5.41) is 5.44. The first-order valence-electron chi connectivity index (χ1n) is 27.9. The highest BCUT2D eigenvalue weighted by Crippen LogP contribution is 2.50. The van der Waals surface area contributed by atoms with Crippen LogP contribution in [-0.2, 0) is 19.1 Å². The van der Waals surface area contributed by atoms with Gasteiger partial charge in [0, 0.05) is 31.9 Å². The number of hydrogen-bond acceptors (Lipinski definition) is 10. The molecule has 0 radical (unpaired) electrons. The smallest absolute Gasteiger partial charge is 0.407 e. The minimum Gasteiger partial charge on any atom is -0.453 e. The third kappa shape index (κ3) is 11.2. The topological polar surface area (TPSA) is 181 Å². The number of carbonyl (C=O) groups excluding carboxylic acids is 4. The van der Waals surface area contributed by atoms with Crippen LogP contribution in [0.4, 0.5) is 29.7 Å². The molecule has 19 heteroatoms. The molecule has 4 aromatic carbocycles. The number of alkyl carbamates (subject to hydrolysis) is 2. The summed E-state index contributed by atoms with van der Waals surface area (Å²) < 4.78 is 43.7. The number of nitrogens with one attached hydrogen (secondary N) is 4. The highest BCUT2D eigenvalue weighted by Gasteiger charge is 2.41. The molecule has 4 fully saturated rings. The molecule has 0 bridgehead atoms. The molecule has 6 aromatic rings. The van der Waals surface area contributed by atoms with Crippen LogP contribution in [0.2, 0.25) is 0 Å². The molecule has 4 aliphatic rings. The SMILES string of the molecule is COC(=O)NC(C(=O)N1CCC[C@H]1c1nc2cc([C@H]3CC[C@H](c4ccc5[nH]c([C@@H]6CCCN6C(=O)[C@@H](NC(=O)OC)C(C)C)nc5c4)N3c3cc(F)c(N4CCC(c5ccc(S(C)(C)C)cc5)CC4)c(F)c3)ccc2[nH]1)C(C)C. The Kier molecular flexibility index (Phi) is 15.9. The number of aromatic amines is 2. The van der Waals surface area contributed by atoms with E-state index < -0.39 is 45.9 Å². The number of hydrogen-bond donors (Lipinski definition) is 4. The maximum absolute atomic E-state index is 17.0. The van der Waals surface area contributed by atoms with Crippen molar-refractivity contribution in [2.24, 2.45) is 11.8 Å². The van der Waals surface area contributed by atoms with Gasteiger partial charge in [0.15, 0.2) is 11.6 Å². The van der Waals surface area contributed by atoms with Crippen molar-refractivity contribution < 1.29 is 37.4 Å². The second-order valence-corrected chi connectivity index (χ2v) is 27.5. The molecule has 79 heavy (non-hydrogen) atoms. The lowest BCUT2D eigenvalue weighted by Gasteiger charge is -2.36. The predicted molar refractivity (Wildman–Crippen MR) is 306 cm³/mol. The van der Waals surface area contributed by atoms with Gasteiger partial charge in [-0.05, 0) is 158 Å². The summed E-state index contributed by atoms with van der Waals surface area (Å²) in [6.07, 6.45) is 11.4. The quantitative estimate of drug-likeness (QED) is 0.0819. The summed E-state index contributed by atoms with van der Waals surface area (Å²) in [7, 11) is 1.71. The van der Waals surface area contributed by atoms with Crippen molar-refractivity contribution in [3.63, 3.8) is 0 Å². The Bertz CT molecular complexity index is 3050. The van der Waals surface area contributed by atoms with Crippen molar-refractivity contribution in [3.05, 3.63) is 113 Å². The molecule has 10 rings (SSSR count). The van der Waals surface area contributed by atoms with Gasteiger partial charge >= 0.3 is 12.2 Å². The molecule has 422 valence electrons. The monoisotopic (exact) mass is 1100 g/mol. The average Bonchev–Trinajstić information content (AvgIpc) is 4.36. The summed E-state index contributed by atoms with van der Waals surface area (Å²) in [4.78, 5) is 78.7. The summed E-state index contributed by atoms with van der Waals surface area (Å²) >= 11 is 0. The van der Waals surface area contributed by atoms with E-state index in [0.29, 0.717) is 86.1 Å². The predicted octanol–water partition coefficient (Wildman–Crippen LogP) is 11.3. The molecule has 1 unspecified atom stereocenters. The largest absolute Gasteiger partial charge is 0.453 e. The Morgan fingerprint density at radius 2 is 1.04 bits per heavy atom. The Morgan fingerprint density at radius 1 is 0.595 bits per heavy atom. The van der Waals surface area contributed by atoms with Crippen LogP contribution in [0.1, 0.15) is 137 Å². The van der Waals surface area contributed by atoms with E-state index in [2.05, 4.69) is 68.5 Å². The maximum Gasteiger partial charge on any atom is 0.407 e. The minimum absolute atomic E-state index is 0.00224. The number of H-pyrrole nitrogens is 2. The number of ether oxygens (including phenoxy) is 2. The van der Waals surface area contributed by atoms with Crippen molar-refractivity contribution in [2.45, 2.75) is 126 Å². The van der Waals surface area contributed by atoms with Gasteiger partial charge in [-0.2, -0.15) is 0 Å². The van der Waals surface area contributed by atoms with Gasteiger partial charge in [0.25, 0.3) is 0 Å². The fourth-order valence-corrected chi connectivity index (χ4v) is 13.6. The zero-order valence-electron chi connectivity index (χ0n) is 46.9. The fraction of sp³-hybridized carbons (Fsp3) is 0.500. The molecule has 6 heterocycles. The van der Waals surface area contributed by atoms with Crippen LogP contribution in [0.15, 0.2) is 77.7 Å². The second kappa shape index (κ2) is 22.7. The number of aromatic nitrogens is 4. The van der Waals surface area contributed by atoms with Crippen molar-refractivity contribution >= 4 is 67.5 Å². The Balaban J connectivity index is 0.957. The van der Waals surface area contributed by atoms with E-state index >= 15 is 8.78 Å². The lowest BCUT2D eigenvalue weighted by atomic mass is 9.89. The summed E-state index contributed by atoms with van der Waals surface area (Å²) in [5.74, 6) is -0.351. The molecule has 0 saturated carbocycles. The van der Waals surface area contributed by atoms with Gasteiger partial charge in [-0.15, -0.1) is 0 Å². The Hall–Kier alpha value is -6.89. The molecule has 4 aliphatic heterocycles. The van der Waals surface area contributed by atoms with Gasteiger partial charge in [0.2, 0.25) is 11.8 Å². The number of carbonyl (C=O) groups is 4. The molecule has 6 atom stereocenters. The van der Waals surface area contributed by atoms with Gasteiger partial charge < -0.3 is 49.7 Å². The van der Waals surface area contributed by atoms with E-state index in [1.807, 2.05) is 69.0 Å². The van der Waals surface area contributed by atoms with E-state index in [9.17, 15) is 19.2 Å². The summed E-state index contributed by atoms with van der Waals surface area (Å²) in [6, 6.07) is 21.2. The highest BCUT2D eigenvalue weighted by atomic mass is 32.3. The van der Waals surface area contributed by atoms with Crippen LogP contribution in [0.25, 0.3) is 22.1 Å². The van der Waals surface area contributed by atoms with E-state index in [0.717, 1.165) is 47.8 Å². The third-order valence-corrected chi connectivity index (χ3v) is 18.5. The number of fused-ring (bicyclic) bond motifs is 2. The number of rotatable bonds is 14. The number of methoxy groups -OCH3 is 2. The van der Waals surface area contributed by atoms with Gasteiger partial charge in [-0.1, -0.05) is 52.0 Å². The normalized spacial score (nSPS) is 21.1. The van der Waals surface area contributed by atoms with Crippen LogP contribution in [0.5, 0.6) is 0 Å². The van der Waals surface area contributed by atoms with Crippen LogP contribution >= 0.6 is 10.0 Å². The van der Waals surface area contributed by atoms with E-state index in [4.69, 9.17) is 19.4 Å². The van der Waals surface area contributed by atoms with Crippen LogP contribution in [-0.4, -0.2) is 125 Å². The van der Waals surface area contributed by atoms with Crippen molar-refractivity contribution in [1.29, 1.82) is 0 Å². The lowest BCUT2D eigenvalue weighted by molar-refractivity contribution is -0.136. The standard InChI is InChI=1S/C60H76F2N10O6S/c1-34(2)52(67-59(75)77-5)57(73)70-26-10-12-50(70)55-63-44-20-16-38(30-46(44)65-55)48-22-23-49(39-17-21-45-47(31-39)66-56(64-45)51-13-11-27-71(51)58(74)53(35(3)4)68-60(76)78-6)72(48)40-32-42(61)54(43(62)33-40)69-28-24-37(25-29-69)36-14-18-41(19-15-36)79(7,8)9/h14-21,30-35,37,48-53H,10-13,22-29H2,1-9H3,(H,63,65)(H,64,66)(H,67,75)(H,68,76)/t48-,49-,50+,51+,52+,53?/m1/s1. The van der Waals surface area contributed by atoms with Gasteiger partial charge in [0.1, 0.15) is 29.4 Å². The second-order valence-electron chi connectivity index (χ2n) is 23.3. The number of likely N-dealkylation sites (tertiary alicyclic amines) is 2. The zero-order valence-corrected chi connectivity index (χ0v) is 47.7.